The summed E-state index contributed by atoms with van der Waals surface area (Å²) in [5, 5.41) is 42.5. The second-order valence-electron chi connectivity index (χ2n) is 5.86. The molecule has 0 spiro atoms. The van der Waals surface area contributed by atoms with Gasteiger partial charge in [-0.1, -0.05) is 5.16 Å². The molecule has 25 heavy (non-hydrogen) atoms. The fraction of sp³-hybridized carbons (Fsp3) is 0.600. The molecule has 9 nitrogen and oxygen atoms in total. The number of aliphatic hydroxyl groups is 4. The van der Waals surface area contributed by atoms with E-state index in [1.54, 1.807) is 6.20 Å². The highest BCUT2D eigenvalue weighted by molar-refractivity contribution is 9.10. The lowest BCUT2D eigenvalue weighted by atomic mass is 9.99. The molecule has 3 heterocycles. The van der Waals surface area contributed by atoms with E-state index >= 15 is 0 Å². The minimum absolute atomic E-state index is 0.0478. The van der Waals surface area contributed by atoms with Crippen LogP contribution in [-0.2, 0) is 14.3 Å². The lowest BCUT2D eigenvalue weighted by molar-refractivity contribution is -0.304. The summed E-state index contributed by atoms with van der Waals surface area (Å²) >= 11 is 3.31. The number of aliphatic hydroxyl groups excluding tert-OH is 4. The maximum absolute atomic E-state index is 9.93. The van der Waals surface area contributed by atoms with Gasteiger partial charge in [-0.3, -0.25) is 4.98 Å². The van der Waals surface area contributed by atoms with Gasteiger partial charge in [0.05, 0.1) is 18.9 Å². The number of aromatic nitrogens is 1. The molecule has 0 bridgehead atoms. The zero-order valence-electron chi connectivity index (χ0n) is 13.1. The zero-order valence-corrected chi connectivity index (χ0v) is 14.7. The molecular formula is C15H19BrN2O7. The van der Waals surface area contributed by atoms with Crippen molar-refractivity contribution in [1.29, 1.82) is 0 Å². The summed E-state index contributed by atoms with van der Waals surface area (Å²) in [5.41, 5.74) is 1.37. The van der Waals surface area contributed by atoms with Crippen LogP contribution in [0.15, 0.2) is 28.0 Å². The molecule has 1 aromatic heterocycles. The van der Waals surface area contributed by atoms with Gasteiger partial charge in [0.2, 0.25) is 0 Å². The third-order valence-electron chi connectivity index (χ3n) is 4.05. The van der Waals surface area contributed by atoms with E-state index in [4.69, 9.17) is 19.4 Å². The van der Waals surface area contributed by atoms with Crippen molar-refractivity contribution in [1.82, 2.24) is 4.98 Å². The summed E-state index contributed by atoms with van der Waals surface area (Å²) in [5.74, 6) is 0. The molecule has 6 atom stereocenters. The lowest BCUT2D eigenvalue weighted by Gasteiger charge is -2.39. The monoisotopic (exact) mass is 418 g/mol. The molecule has 138 valence electrons. The molecule has 1 aromatic rings. The van der Waals surface area contributed by atoms with Gasteiger partial charge in [-0.2, -0.15) is 0 Å². The van der Waals surface area contributed by atoms with Gasteiger partial charge >= 0.3 is 0 Å². The van der Waals surface area contributed by atoms with Gasteiger partial charge in [-0.25, -0.2) is 0 Å². The highest BCUT2D eigenvalue weighted by atomic mass is 79.9. The Balaban J connectivity index is 1.52. The molecule has 3 rings (SSSR count). The zero-order chi connectivity index (χ0) is 18.0. The highest BCUT2D eigenvalue weighted by Gasteiger charge is 2.44. The van der Waals surface area contributed by atoms with E-state index in [-0.39, 0.29) is 6.61 Å². The van der Waals surface area contributed by atoms with Crippen molar-refractivity contribution in [3.8, 4) is 0 Å². The second-order valence-corrected chi connectivity index (χ2v) is 6.78. The minimum Gasteiger partial charge on any atom is -0.394 e. The number of nitrogens with zero attached hydrogens (tertiary/aromatic N) is 2. The van der Waals surface area contributed by atoms with Crippen LogP contribution < -0.4 is 0 Å². The number of oxime groups is 1. The van der Waals surface area contributed by atoms with Crippen LogP contribution in [0, 0.1) is 0 Å². The Morgan fingerprint density at radius 2 is 2.00 bits per heavy atom. The van der Waals surface area contributed by atoms with E-state index in [0.29, 0.717) is 17.8 Å². The van der Waals surface area contributed by atoms with Gasteiger partial charge < -0.3 is 34.7 Å². The summed E-state index contributed by atoms with van der Waals surface area (Å²) in [6.07, 6.45) is -4.79. The van der Waals surface area contributed by atoms with Gasteiger partial charge in [0, 0.05) is 17.1 Å². The topological polar surface area (TPSA) is 134 Å². The van der Waals surface area contributed by atoms with Crippen molar-refractivity contribution in [3.63, 3.8) is 0 Å². The molecule has 2 aliphatic heterocycles. The van der Waals surface area contributed by atoms with Gasteiger partial charge in [0.15, 0.2) is 12.4 Å². The average molecular weight is 419 g/mol. The van der Waals surface area contributed by atoms with Gasteiger partial charge in [0.25, 0.3) is 0 Å². The first kappa shape index (κ1) is 18.6. The predicted octanol–water partition coefficient (Wildman–Crippen LogP) is -0.846. The van der Waals surface area contributed by atoms with E-state index in [9.17, 15) is 15.3 Å². The SMILES string of the molecule is OCC1OC(OCC2CC(c3ccc(Br)cn3)=NO2)C(O)C(O)C1O. The number of rotatable bonds is 5. The Bertz CT molecular complexity index is 612. The largest absolute Gasteiger partial charge is 0.394 e. The first-order valence-electron chi connectivity index (χ1n) is 7.76. The van der Waals surface area contributed by atoms with Gasteiger partial charge in [0.1, 0.15) is 30.1 Å². The molecule has 0 aliphatic carbocycles. The highest BCUT2D eigenvalue weighted by Crippen LogP contribution is 2.23. The van der Waals surface area contributed by atoms with Crippen LogP contribution in [0.1, 0.15) is 12.1 Å². The second kappa shape index (κ2) is 8.04. The molecular weight excluding hydrogens is 400 g/mol. The van der Waals surface area contributed by atoms with Crippen molar-refractivity contribution in [2.45, 2.75) is 43.2 Å². The predicted molar refractivity (Wildman–Crippen MR) is 87.7 cm³/mol. The Morgan fingerprint density at radius 3 is 2.68 bits per heavy atom. The molecule has 0 saturated carbocycles. The van der Waals surface area contributed by atoms with Crippen molar-refractivity contribution in [2.75, 3.05) is 13.2 Å². The summed E-state index contributed by atoms with van der Waals surface area (Å²) < 4.78 is 11.6. The number of ether oxygens (including phenoxy) is 2. The molecule has 0 amide bonds. The summed E-state index contributed by atoms with van der Waals surface area (Å²) in [6.45, 7) is -0.459. The summed E-state index contributed by atoms with van der Waals surface area (Å²) in [7, 11) is 0. The molecule has 1 saturated heterocycles. The van der Waals surface area contributed by atoms with Gasteiger partial charge in [-0.15, -0.1) is 0 Å². The average Bonchev–Trinajstić information content (AvgIpc) is 3.09. The fourth-order valence-electron chi connectivity index (χ4n) is 2.62. The quantitative estimate of drug-likeness (QED) is 0.485. The van der Waals surface area contributed by atoms with Crippen molar-refractivity contribution in [2.24, 2.45) is 5.16 Å². The summed E-state index contributed by atoms with van der Waals surface area (Å²) in [6, 6.07) is 3.66. The van der Waals surface area contributed by atoms with Gasteiger partial charge in [-0.05, 0) is 28.1 Å². The first-order chi connectivity index (χ1) is 12.0. The number of halogens is 1. The van der Waals surface area contributed by atoms with Crippen LogP contribution in [0.2, 0.25) is 0 Å². The number of hydrogen-bond donors (Lipinski definition) is 4. The minimum atomic E-state index is -1.47. The van der Waals surface area contributed by atoms with Crippen LogP contribution in [-0.4, -0.2) is 81.1 Å². The lowest BCUT2D eigenvalue weighted by Crippen LogP contribution is -2.59. The van der Waals surface area contributed by atoms with Crippen LogP contribution in [0.3, 0.4) is 0 Å². The standard InChI is InChI=1S/C15H19BrN2O7/c16-7-1-2-9(17-4-7)10-3-8(25-18-10)6-23-15-14(22)13(21)12(20)11(5-19)24-15/h1-2,4,8,11-15,19-22H,3,5-6H2. The van der Waals surface area contributed by atoms with E-state index < -0.39 is 43.4 Å². The van der Waals surface area contributed by atoms with E-state index in [2.05, 4.69) is 26.1 Å². The van der Waals surface area contributed by atoms with E-state index in [0.717, 1.165) is 4.47 Å². The Morgan fingerprint density at radius 1 is 1.20 bits per heavy atom. The normalized spacial score (nSPS) is 35.3. The first-order valence-corrected chi connectivity index (χ1v) is 8.55. The Labute approximate surface area is 152 Å². The number of hydrogen-bond acceptors (Lipinski definition) is 9. The molecule has 10 heteroatoms. The van der Waals surface area contributed by atoms with Crippen molar-refractivity contribution >= 4 is 21.6 Å². The van der Waals surface area contributed by atoms with Crippen LogP contribution in [0.4, 0.5) is 0 Å². The van der Waals surface area contributed by atoms with E-state index in [1.807, 2.05) is 12.1 Å². The third-order valence-corrected chi connectivity index (χ3v) is 4.52. The Kier molecular flexibility index (Phi) is 6.00. The van der Waals surface area contributed by atoms with Crippen LogP contribution >= 0.6 is 15.9 Å². The van der Waals surface area contributed by atoms with Crippen molar-refractivity contribution in [3.05, 3.63) is 28.5 Å². The smallest absolute Gasteiger partial charge is 0.186 e. The molecule has 2 aliphatic rings. The molecule has 0 aromatic carbocycles. The van der Waals surface area contributed by atoms with Crippen LogP contribution in [0.25, 0.3) is 0 Å². The summed E-state index contributed by atoms with van der Waals surface area (Å²) in [4.78, 5) is 9.53. The molecule has 6 unspecified atom stereocenters. The fourth-order valence-corrected chi connectivity index (χ4v) is 2.86. The van der Waals surface area contributed by atoms with E-state index in [1.165, 1.54) is 0 Å². The third kappa shape index (κ3) is 4.17. The molecule has 1 fully saturated rings. The maximum atomic E-state index is 9.93. The van der Waals surface area contributed by atoms with Crippen LogP contribution in [0.5, 0.6) is 0 Å². The number of pyridine rings is 1. The molecule has 0 radical (unpaired) electrons. The maximum Gasteiger partial charge on any atom is 0.186 e. The van der Waals surface area contributed by atoms with Crippen molar-refractivity contribution < 1.29 is 34.7 Å². The Hall–Kier alpha value is -1.14. The molecule has 4 N–H and O–H groups in total.